The zero-order chi connectivity index (χ0) is 14.0. The Kier molecular flexibility index (Phi) is 3.99. The second-order valence-electron chi connectivity index (χ2n) is 4.87. The fourth-order valence-electron chi connectivity index (χ4n) is 1.73. The van der Waals surface area contributed by atoms with Crippen LogP contribution in [-0.4, -0.2) is 15.0 Å². The molecule has 2 aromatic heterocycles. The second-order valence-corrected chi connectivity index (χ2v) is 5.81. The summed E-state index contributed by atoms with van der Waals surface area (Å²) in [7, 11) is 0. The van der Waals surface area contributed by atoms with Gasteiger partial charge < -0.3 is 11.1 Å². The topological polar surface area (TPSA) is 76.7 Å². The fraction of sp³-hybridized carbons (Fsp3) is 0.462. The zero-order valence-corrected chi connectivity index (χ0v) is 12.5. The van der Waals surface area contributed by atoms with Crippen LogP contribution >= 0.6 is 11.3 Å². The second kappa shape index (κ2) is 5.52. The average Bonchev–Trinajstić information content (AvgIpc) is 2.76. The maximum absolute atomic E-state index is 5.62. The molecule has 3 N–H and O–H groups in total. The van der Waals surface area contributed by atoms with E-state index in [0.717, 1.165) is 0 Å². The molecule has 2 heterocycles. The molecular weight excluding hydrogens is 258 g/mol. The zero-order valence-electron chi connectivity index (χ0n) is 11.6. The summed E-state index contributed by atoms with van der Waals surface area (Å²) in [6, 6.07) is 2.38. The Labute approximate surface area is 117 Å². The van der Waals surface area contributed by atoms with Crippen molar-refractivity contribution in [1.82, 2.24) is 15.0 Å². The Morgan fingerprint density at radius 2 is 1.95 bits per heavy atom. The molecule has 0 saturated heterocycles. The molecule has 5 nitrogen and oxygen atoms in total. The van der Waals surface area contributed by atoms with E-state index in [0.29, 0.717) is 17.7 Å². The van der Waals surface area contributed by atoms with E-state index in [9.17, 15) is 0 Å². The number of nitrogens with zero attached hydrogens (tertiary/aromatic N) is 3. The maximum Gasteiger partial charge on any atom is 0.228 e. The lowest BCUT2D eigenvalue weighted by Crippen LogP contribution is -2.11. The van der Waals surface area contributed by atoms with Crippen molar-refractivity contribution in [2.24, 2.45) is 0 Å². The monoisotopic (exact) mass is 277 g/mol. The molecule has 6 heteroatoms. The molecule has 1 unspecified atom stereocenters. The molecule has 102 valence electrons. The number of thiophene rings is 1. The van der Waals surface area contributed by atoms with Crippen molar-refractivity contribution in [3.8, 4) is 0 Å². The molecule has 0 aliphatic rings. The van der Waals surface area contributed by atoms with Gasteiger partial charge in [0, 0.05) is 4.88 Å². The number of nitrogens with one attached hydrogen (secondary N) is 1. The summed E-state index contributed by atoms with van der Waals surface area (Å²) in [5.41, 5.74) is 6.98. The molecule has 0 saturated carbocycles. The molecular formula is C13H19N5S. The van der Waals surface area contributed by atoms with Crippen LogP contribution in [0.2, 0.25) is 0 Å². The predicted octanol–water partition coefficient (Wildman–Crippen LogP) is 3.12. The Morgan fingerprint density at radius 3 is 2.53 bits per heavy atom. The number of aromatic nitrogens is 3. The molecule has 0 fully saturated rings. The van der Waals surface area contributed by atoms with Crippen LogP contribution < -0.4 is 11.1 Å². The molecule has 0 bridgehead atoms. The molecule has 0 aromatic carbocycles. The lowest BCUT2D eigenvalue weighted by Gasteiger charge is -2.12. The van der Waals surface area contributed by atoms with Crippen LogP contribution in [0.3, 0.4) is 0 Å². The number of rotatable bonds is 4. The first-order chi connectivity index (χ1) is 8.95. The van der Waals surface area contributed by atoms with Crippen molar-refractivity contribution in [2.45, 2.75) is 39.7 Å². The first-order valence-corrected chi connectivity index (χ1v) is 7.16. The van der Waals surface area contributed by atoms with E-state index in [4.69, 9.17) is 5.73 Å². The van der Waals surface area contributed by atoms with Crippen molar-refractivity contribution in [3.05, 3.63) is 27.7 Å². The standard InChI is InChI=1S/C13H19N5S/c1-7(2)10-5-11(19-6-10)8(3)15-13-17-9(4)16-12(14)18-13/h5-8H,1-4H3,(H3,14,15,16,17,18). The molecule has 0 spiro atoms. The summed E-state index contributed by atoms with van der Waals surface area (Å²) < 4.78 is 0. The third-order valence-corrected chi connectivity index (χ3v) is 3.98. The molecule has 0 aliphatic carbocycles. The highest BCUT2D eigenvalue weighted by Gasteiger charge is 2.12. The van der Waals surface area contributed by atoms with Crippen LogP contribution in [0.4, 0.5) is 11.9 Å². The number of anilines is 2. The van der Waals surface area contributed by atoms with Gasteiger partial charge >= 0.3 is 0 Å². The molecule has 2 aromatic rings. The number of hydrogen-bond acceptors (Lipinski definition) is 6. The lowest BCUT2D eigenvalue weighted by atomic mass is 10.1. The van der Waals surface area contributed by atoms with E-state index in [2.05, 4.69) is 52.5 Å². The first kappa shape index (κ1) is 13.7. The highest BCUT2D eigenvalue weighted by Crippen LogP contribution is 2.28. The highest BCUT2D eigenvalue weighted by molar-refractivity contribution is 7.10. The third-order valence-electron chi connectivity index (χ3n) is 2.84. The van der Waals surface area contributed by atoms with Gasteiger partial charge in [0.15, 0.2) is 0 Å². The maximum atomic E-state index is 5.62. The summed E-state index contributed by atoms with van der Waals surface area (Å²) in [6.45, 7) is 8.28. The summed E-state index contributed by atoms with van der Waals surface area (Å²) in [5, 5.41) is 5.46. The van der Waals surface area contributed by atoms with Crippen molar-refractivity contribution in [1.29, 1.82) is 0 Å². The lowest BCUT2D eigenvalue weighted by molar-refractivity contribution is 0.848. The first-order valence-electron chi connectivity index (χ1n) is 6.28. The predicted molar refractivity (Wildman–Crippen MR) is 79.4 cm³/mol. The number of nitrogens with two attached hydrogens (primary N) is 1. The Balaban J connectivity index is 2.13. The summed E-state index contributed by atoms with van der Waals surface area (Å²) in [5.74, 6) is 1.94. The Hall–Kier alpha value is -1.69. The molecule has 2 rings (SSSR count). The van der Waals surface area contributed by atoms with Crippen LogP contribution in [0.15, 0.2) is 11.4 Å². The minimum Gasteiger partial charge on any atom is -0.368 e. The Morgan fingerprint density at radius 1 is 1.21 bits per heavy atom. The van der Waals surface area contributed by atoms with Crippen molar-refractivity contribution < 1.29 is 0 Å². The molecule has 1 atom stereocenters. The highest BCUT2D eigenvalue weighted by atomic mass is 32.1. The number of aryl methyl sites for hydroxylation is 1. The van der Waals surface area contributed by atoms with E-state index in [1.807, 2.05) is 0 Å². The average molecular weight is 277 g/mol. The Bertz CT molecular complexity index is 544. The van der Waals surface area contributed by atoms with Gasteiger partial charge in [0.25, 0.3) is 0 Å². The summed E-state index contributed by atoms with van der Waals surface area (Å²) in [6.07, 6.45) is 0. The van der Waals surface area contributed by atoms with Crippen molar-refractivity contribution in [2.75, 3.05) is 11.1 Å². The minimum atomic E-state index is 0.152. The minimum absolute atomic E-state index is 0.152. The van der Waals surface area contributed by atoms with Crippen LogP contribution in [0, 0.1) is 6.92 Å². The molecule has 19 heavy (non-hydrogen) atoms. The van der Waals surface area contributed by atoms with Gasteiger partial charge in [0.1, 0.15) is 5.82 Å². The van der Waals surface area contributed by atoms with Crippen molar-refractivity contribution >= 4 is 23.2 Å². The van der Waals surface area contributed by atoms with E-state index < -0.39 is 0 Å². The largest absolute Gasteiger partial charge is 0.368 e. The molecule has 0 radical (unpaired) electrons. The summed E-state index contributed by atoms with van der Waals surface area (Å²) >= 11 is 1.75. The van der Waals surface area contributed by atoms with Crippen LogP contribution in [0.1, 0.15) is 49.0 Å². The number of nitrogen functional groups attached to an aromatic ring is 1. The van der Waals surface area contributed by atoms with Gasteiger partial charge in [-0.1, -0.05) is 13.8 Å². The van der Waals surface area contributed by atoms with Gasteiger partial charge in [-0.05, 0) is 36.8 Å². The van der Waals surface area contributed by atoms with Crippen LogP contribution in [0.5, 0.6) is 0 Å². The molecule has 0 amide bonds. The van der Waals surface area contributed by atoms with Gasteiger partial charge in [-0.2, -0.15) is 15.0 Å². The summed E-state index contributed by atoms with van der Waals surface area (Å²) in [4.78, 5) is 13.5. The quantitative estimate of drug-likeness (QED) is 0.898. The van der Waals surface area contributed by atoms with Gasteiger partial charge in [-0.3, -0.25) is 0 Å². The van der Waals surface area contributed by atoms with Gasteiger partial charge in [0.05, 0.1) is 6.04 Å². The van der Waals surface area contributed by atoms with Gasteiger partial charge in [-0.25, -0.2) is 0 Å². The van der Waals surface area contributed by atoms with Crippen LogP contribution in [0.25, 0.3) is 0 Å². The normalized spacial score (nSPS) is 12.7. The number of hydrogen-bond donors (Lipinski definition) is 2. The smallest absolute Gasteiger partial charge is 0.228 e. The fourth-order valence-corrected chi connectivity index (χ4v) is 2.81. The van der Waals surface area contributed by atoms with E-state index in [1.165, 1.54) is 10.4 Å². The van der Waals surface area contributed by atoms with E-state index in [1.54, 1.807) is 18.3 Å². The van der Waals surface area contributed by atoms with E-state index in [-0.39, 0.29) is 12.0 Å². The van der Waals surface area contributed by atoms with E-state index >= 15 is 0 Å². The molecule has 0 aliphatic heterocycles. The van der Waals surface area contributed by atoms with Gasteiger partial charge in [-0.15, -0.1) is 11.3 Å². The van der Waals surface area contributed by atoms with Crippen molar-refractivity contribution in [3.63, 3.8) is 0 Å². The van der Waals surface area contributed by atoms with Gasteiger partial charge in [0.2, 0.25) is 11.9 Å². The SMILES string of the molecule is Cc1nc(N)nc(NC(C)c2cc(C(C)C)cs2)n1. The third kappa shape index (κ3) is 3.41. The van der Waals surface area contributed by atoms with Crippen LogP contribution in [-0.2, 0) is 0 Å².